The molecule has 3 aromatic rings. The molecule has 0 amide bonds. The average molecular weight is 379 g/mol. The summed E-state index contributed by atoms with van der Waals surface area (Å²) in [6.07, 6.45) is 3.45. The van der Waals surface area contributed by atoms with E-state index in [-0.39, 0.29) is 6.04 Å². The summed E-state index contributed by atoms with van der Waals surface area (Å²) in [5.41, 5.74) is 5.61. The monoisotopic (exact) mass is 378 g/mol. The fraction of sp³-hybridized carbons (Fsp3) is 0.273. The zero-order valence-electron chi connectivity index (χ0n) is 15.6. The lowest BCUT2D eigenvalue weighted by atomic mass is 9.88. The van der Waals surface area contributed by atoms with Gasteiger partial charge in [-0.15, -0.1) is 0 Å². The number of aryl methyl sites for hydroxylation is 2. The summed E-state index contributed by atoms with van der Waals surface area (Å²) in [5.74, 6) is 1.61. The van der Waals surface area contributed by atoms with Gasteiger partial charge in [-0.3, -0.25) is 0 Å². The lowest BCUT2D eigenvalue weighted by molar-refractivity contribution is 0.598. The number of anilines is 2. The highest BCUT2D eigenvalue weighted by Crippen LogP contribution is 2.33. The van der Waals surface area contributed by atoms with Crippen LogP contribution in [0.2, 0.25) is 5.02 Å². The van der Waals surface area contributed by atoms with Gasteiger partial charge in [0, 0.05) is 18.7 Å². The van der Waals surface area contributed by atoms with E-state index in [1.807, 2.05) is 38.2 Å². The topological polar surface area (TPSA) is 49.8 Å². The van der Waals surface area contributed by atoms with Gasteiger partial charge in [0.15, 0.2) is 0 Å². The molecule has 138 valence electrons. The van der Waals surface area contributed by atoms with Gasteiger partial charge in [-0.25, -0.2) is 9.97 Å². The highest BCUT2D eigenvalue weighted by molar-refractivity contribution is 6.33. The third-order valence-corrected chi connectivity index (χ3v) is 5.39. The Morgan fingerprint density at radius 3 is 2.78 bits per heavy atom. The van der Waals surface area contributed by atoms with Gasteiger partial charge in [0.05, 0.1) is 22.4 Å². The van der Waals surface area contributed by atoms with Crippen LogP contribution in [-0.2, 0) is 6.42 Å². The summed E-state index contributed by atoms with van der Waals surface area (Å²) in [6, 6.07) is 16.9. The zero-order chi connectivity index (χ0) is 18.8. The third kappa shape index (κ3) is 3.76. The molecule has 2 aromatic carbocycles. The first-order valence-electron chi connectivity index (χ1n) is 9.32. The molecule has 5 heteroatoms. The molecule has 27 heavy (non-hydrogen) atoms. The van der Waals surface area contributed by atoms with E-state index in [2.05, 4.69) is 44.9 Å². The van der Waals surface area contributed by atoms with Crippen LogP contribution < -0.4 is 10.6 Å². The smallest absolute Gasteiger partial charge is 0.130 e. The van der Waals surface area contributed by atoms with Crippen molar-refractivity contribution >= 4 is 23.1 Å². The Hall–Kier alpha value is -2.59. The van der Waals surface area contributed by atoms with Gasteiger partial charge in [-0.2, -0.15) is 0 Å². The Labute approximate surface area is 165 Å². The van der Waals surface area contributed by atoms with E-state index in [0.29, 0.717) is 5.02 Å². The molecule has 1 heterocycles. The fourth-order valence-corrected chi connectivity index (χ4v) is 3.96. The molecule has 0 radical (unpaired) electrons. The summed E-state index contributed by atoms with van der Waals surface area (Å²) in [5, 5.41) is 7.45. The van der Waals surface area contributed by atoms with Crippen molar-refractivity contribution in [3.05, 3.63) is 70.5 Å². The molecule has 1 atom stereocenters. The number of aromatic nitrogens is 2. The van der Waals surface area contributed by atoms with Crippen LogP contribution in [0.25, 0.3) is 11.3 Å². The average Bonchev–Trinajstić information content (AvgIpc) is 2.68. The maximum Gasteiger partial charge on any atom is 0.130 e. The van der Waals surface area contributed by atoms with Crippen molar-refractivity contribution in [2.24, 2.45) is 0 Å². The van der Waals surface area contributed by atoms with E-state index in [1.165, 1.54) is 17.5 Å². The highest BCUT2D eigenvalue weighted by Gasteiger charge is 2.20. The van der Waals surface area contributed by atoms with Gasteiger partial charge < -0.3 is 10.6 Å². The van der Waals surface area contributed by atoms with E-state index in [4.69, 9.17) is 11.6 Å². The lowest BCUT2D eigenvalue weighted by Gasteiger charge is -2.27. The molecule has 0 fully saturated rings. The quantitative estimate of drug-likeness (QED) is 0.617. The van der Waals surface area contributed by atoms with Crippen LogP contribution in [-0.4, -0.2) is 17.0 Å². The predicted molar refractivity (Wildman–Crippen MR) is 113 cm³/mol. The van der Waals surface area contributed by atoms with Crippen LogP contribution in [0.4, 0.5) is 11.5 Å². The van der Waals surface area contributed by atoms with Crippen molar-refractivity contribution in [2.75, 3.05) is 17.7 Å². The van der Waals surface area contributed by atoms with Crippen molar-refractivity contribution in [1.29, 1.82) is 0 Å². The van der Waals surface area contributed by atoms with Gasteiger partial charge in [-0.1, -0.05) is 41.9 Å². The zero-order valence-corrected chi connectivity index (χ0v) is 16.3. The summed E-state index contributed by atoms with van der Waals surface area (Å²) in [7, 11) is 1.86. The molecule has 0 spiro atoms. The minimum atomic E-state index is 0.287. The number of hydrogen-bond donors (Lipinski definition) is 2. The SMILES string of the molecule is CNc1cc(-c2cc(N[C@@H]3CCCc4ccccc43)nc(C)n2)ccc1Cl. The first-order valence-corrected chi connectivity index (χ1v) is 9.69. The molecule has 0 unspecified atom stereocenters. The Bertz CT molecular complexity index is 970. The van der Waals surface area contributed by atoms with E-state index in [9.17, 15) is 0 Å². The van der Waals surface area contributed by atoms with Crippen molar-refractivity contribution in [1.82, 2.24) is 9.97 Å². The van der Waals surface area contributed by atoms with Crippen molar-refractivity contribution in [3.63, 3.8) is 0 Å². The third-order valence-electron chi connectivity index (χ3n) is 5.06. The number of fused-ring (bicyclic) bond motifs is 1. The van der Waals surface area contributed by atoms with Gasteiger partial charge in [0.1, 0.15) is 11.6 Å². The molecule has 1 aliphatic carbocycles. The molecule has 2 N–H and O–H groups in total. The predicted octanol–water partition coefficient (Wildman–Crippen LogP) is 5.64. The number of benzene rings is 2. The van der Waals surface area contributed by atoms with Crippen LogP contribution in [0.15, 0.2) is 48.5 Å². The Morgan fingerprint density at radius 1 is 1.07 bits per heavy atom. The van der Waals surface area contributed by atoms with Gasteiger partial charge in [-0.05, 0) is 49.4 Å². The van der Waals surface area contributed by atoms with E-state index in [1.54, 1.807) is 0 Å². The van der Waals surface area contributed by atoms with Gasteiger partial charge in [0.25, 0.3) is 0 Å². The summed E-state index contributed by atoms with van der Waals surface area (Å²) >= 11 is 6.22. The van der Waals surface area contributed by atoms with Crippen LogP contribution >= 0.6 is 11.6 Å². The minimum absolute atomic E-state index is 0.287. The molecule has 0 bridgehead atoms. The summed E-state index contributed by atoms with van der Waals surface area (Å²) in [6.45, 7) is 1.93. The van der Waals surface area contributed by atoms with Crippen molar-refractivity contribution in [3.8, 4) is 11.3 Å². The lowest BCUT2D eigenvalue weighted by Crippen LogP contribution is -2.18. The Morgan fingerprint density at radius 2 is 1.93 bits per heavy atom. The van der Waals surface area contributed by atoms with Crippen LogP contribution in [0, 0.1) is 6.92 Å². The van der Waals surface area contributed by atoms with Crippen LogP contribution in [0.3, 0.4) is 0 Å². The number of rotatable bonds is 4. The van der Waals surface area contributed by atoms with Crippen molar-refractivity contribution in [2.45, 2.75) is 32.2 Å². The second kappa shape index (κ2) is 7.57. The standard InChI is InChI=1S/C22H23ClN4/c1-14-25-20(16-10-11-18(23)21(12-16)24-2)13-22(26-14)27-19-9-5-7-15-6-3-4-8-17(15)19/h3-4,6,8,10-13,19,24H,5,7,9H2,1-2H3,(H,25,26,27)/t19-/m1/s1. The number of nitrogens with zero attached hydrogens (tertiary/aromatic N) is 2. The molecule has 1 aliphatic rings. The minimum Gasteiger partial charge on any atom is -0.387 e. The molecule has 0 saturated heterocycles. The summed E-state index contributed by atoms with van der Waals surface area (Å²) in [4.78, 5) is 9.25. The maximum absolute atomic E-state index is 6.22. The molecule has 4 nitrogen and oxygen atoms in total. The molecule has 0 aliphatic heterocycles. The first-order chi connectivity index (χ1) is 13.1. The van der Waals surface area contributed by atoms with E-state index in [0.717, 1.165) is 41.4 Å². The Kier molecular flexibility index (Phi) is 4.99. The highest BCUT2D eigenvalue weighted by atomic mass is 35.5. The largest absolute Gasteiger partial charge is 0.387 e. The molecule has 1 aromatic heterocycles. The normalized spacial score (nSPS) is 15.9. The second-order valence-electron chi connectivity index (χ2n) is 6.92. The number of hydrogen-bond acceptors (Lipinski definition) is 4. The Balaban J connectivity index is 1.66. The van der Waals surface area contributed by atoms with Crippen LogP contribution in [0.1, 0.15) is 35.8 Å². The first kappa shape index (κ1) is 17.8. The number of nitrogens with one attached hydrogen (secondary N) is 2. The van der Waals surface area contributed by atoms with E-state index >= 15 is 0 Å². The molecular formula is C22H23ClN4. The van der Waals surface area contributed by atoms with Crippen molar-refractivity contribution < 1.29 is 0 Å². The second-order valence-corrected chi connectivity index (χ2v) is 7.33. The molecule has 0 saturated carbocycles. The summed E-state index contributed by atoms with van der Waals surface area (Å²) < 4.78 is 0. The van der Waals surface area contributed by atoms with Gasteiger partial charge in [0.2, 0.25) is 0 Å². The van der Waals surface area contributed by atoms with Crippen LogP contribution in [0.5, 0.6) is 0 Å². The molecular weight excluding hydrogens is 356 g/mol. The maximum atomic E-state index is 6.22. The van der Waals surface area contributed by atoms with E-state index < -0.39 is 0 Å². The molecule has 4 rings (SSSR count). The van der Waals surface area contributed by atoms with Gasteiger partial charge >= 0.3 is 0 Å². The number of halogens is 1. The fourth-order valence-electron chi connectivity index (χ4n) is 3.75.